The maximum absolute atomic E-state index is 12.6. The molecule has 2 rings (SSSR count). The van der Waals surface area contributed by atoms with Gasteiger partial charge in [0.05, 0.1) is 4.90 Å². The van der Waals surface area contributed by atoms with Crippen LogP contribution in [0.15, 0.2) is 59.5 Å². The Balaban J connectivity index is 2.03. The van der Waals surface area contributed by atoms with Gasteiger partial charge < -0.3 is 10.6 Å². The average molecular weight is 418 g/mol. The van der Waals surface area contributed by atoms with Gasteiger partial charge in [-0.05, 0) is 42.3 Å². The van der Waals surface area contributed by atoms with Crippen molar-refractivity contribution < 1.29 is 13.2 Å². The van der Waals surface area contributed by atoms with Crippen molar-refractivity contribution in [1.82, 2.24) is 9.62 Å². The molecule has 0 spiro atoms. The SMILES string of the molecule is CCN(CC)S(=O)(=O)c1ccc(C(=O)NCC(Nc2ccccc2)C(C)C)cc1. The lowest BCUT2D eigenvalue weighted by Crippen LogP contribution is -2.39. The summed E-state index contributed by atoms with van der Waals surface area (Å²) in [5.74, 6) is 0.0920. The Labute approximate surface area is 174 Å². The number of nitrogens with zero attached hydrogens (tertiary/aromatic N) is 1. The summed E-state index contributed by atoms with van der Waals surface area (Å²) in [5.41, 5.74) is 1.44. The van der Waals surface area contributed by atoms with E-state index in [0.717, 1.165) is 5.69 Å². The number of sulfonamides is 1. The molecule has 0 saturated carbocycles. The van der Waals surface area contributed by atoms with E-state index in [4.69, 9.17) is 0 Å². The number of carbonyl (C=O) groups excluding carboxylic acids is 1. The van der Waals surface area contributed by atoms with Crippen molar-refractivity contribution in [3.8, 4) is 0 Å². The number of rotatable bonds is 10. The van der Waals surface area contributed by atoms with E-state index in [1.165, 1.54) is 16.4 Å². The van der Waals surface area contributed by atoms with Crippen molar-refractivity contribution in [2.24, 2.45) is 5.92 Å². The molecule has 6 nitrogen and oxygen atoms in total. The maximum atomic E-state index is 12.6. The lowest BCUT2D eigenvalue weighted by molar-refractivity contribution is 0.0950. The Kier molecular flexibility index (Phi) is 8.22. The third-order valence-electron chi connectivity index (χ3n) is 4.87. The molecular formula is C22H31N3O3S. The van der Waals surface area contributed by atoms with E-state index in [0.29, 0.717) is 31.1 Å². The number of para-hydroxylation sites is 1. The minimum atomic E-state index is -3.52. The second kappa shape index (κ2) is 10.4. The second-order valence-corrected chi connectivity index (χ2v) is 9.12. The number of nitrogens with one attached hydrogen (secondary N) is 2. The molecule has 0 aliphatic heterocycles. The predicted octanol–water partition coefficient (Wildman–Crippen LogP) is 3.58. The smallest absolute Gasteiger partial charge is 0.251 e. The van der Waals surface area contributed by atoms with Crippen LogP contribution in [-0.2, 0) is 10.0 Å². The Morgan fingerprint density at radius 3 is 2.07 bits per heavy atom. The largest absolute Gasteiger partial charge is 0.380 e. The summed E-state index contributed by atoms with van der Waals surface area (Å²) in [6.07, 6.45) is 0. The van der Waals surface area contributed by atoms with Crippen LogP contribution in [0.1, 0.15) is 38.1 Å². The van der Waals surface area contributed by atoms with E-state index < -0.39 is 10.0 Å². The molecule has 158 valence electrons. The van der Waals surface area contributed by atoms with Gasteiger partial charge in [-0.2, -0.15) is 4.31 Å². The number of anilines is 1. The summed E-state index contributed by atoms with van der Waals surface area (Å²) in [5, 5.41) is 6.38. The first-order chi connectivity index (χ1) is 13.8. The summed E-state index contributed by atoms with van der Waals surface area (Å²) in [4.78, 5) is 12.7. The molecule has 0 fully saturated rings. The van der Waals surface area contributed by atoms with Crippen LogP contribution in [-0.4, -0.2) is 44.3 Å². The molecule has 0 aromatic heterocycles. The minimum absolute atomic E-state index is 0.0728. The first kappa shape index (κ1) is 22.9. The summed E-state index contributed by atoms with van der Waals surface area (Å²) < 4.78 is 26.5. The zero-order valence-electron chi connectivity index (χ0n) is 17.6. The summed E-state index contributed by atoms with van der Waals surface area (Å²) in [7, 11) is -3.52. The Hall–Kier alpha value is -2.38. The van der Waals surface area contributed by atoms with Crippen LogP contribution in [0.2, 0.25) is 0 Å². The molecule has 1 unspecified atom stereocenters. The summed E-state index contributed by atoms with van der Waals surface area (Å²) >= 11 is 0. The quantitative estimate of drug-likeness (QED) is 0.619. The molecule has 0 bridgehead atoms. The van der Waals surface area contributed by atoms with E-state index in [-0.39, 0.29) is 16.8 Å². The molecule has 0 aliphatic rings. The van der Waals surface area contributed by atoms with Gasteiger partial charge in [-0.3, -0.25) is 4.79 Å². The average Bonchev–Trinajstić information content (AvgIpc) is 2.72. The topological polar surface area (TPSA) is 78.5 Å². The van der Waals surface area contributed by atoms with Crippen LogP contribution in [0, 0.1) is 5.92 Å². The number of hydrogen-bond donors (Lipinski definition) is 2. The molecular weight excluding hydrogens is 386 g/mol. The van der Waals surface area contributed by atoms with Crippen LogP contribution in [0.25, 0.3) is 0 Å². The molecule has 1 atom stereocenters. The first-order valence-corrected chi connectivity index (χ1v) is 11.4. The van der Waals surface area contributed by atoms with Crippen molar-refractivity contribution in [3.05, 3.63) is 60.2 Å². The van der Waals surface area contributed by atoms with Gasteiger partial charge in [0.1, 0.15) is 0 Å². The highest BCUT2D eigenvalue weighted by molar-refractivity contribution is 7.89. The highest BCUT2D eigenvalue weighted by atomic mass is 32.2. The standard InChI is InChI=1S/C22H31N3O3S/c1-5-25(6-2)29(27,28)20-14-12-18(13-15-20)22(26)23-16-21(17(3)4)24-19-10-8-7-9-11-19/h7-15,17,21,24H,5-6,16H2,1-4H3,(H,23,26). The van der Waals surface area contributed by atoms with Gasteiger partial charge in [0.2, 0.25) is 10.0 Å². The van der Waals surface area contributed by atoms with Crippen molar-refractivity contribution in [2.45, 2.75) is 38.6 Å². The zero-order valence-corrected chi connectivity index (χ0v) is 18.4. The van der Waals surface area contributed by atoms with Crippen molar-refractivity contribution in [3.63, 3.8) is 0 Å². The van der Waals surface area contributed by atoms with Crippen LogP contribution in [0.3, 0.4) is 0 Å². The highest BCUT2D eigenvalue weighted by Gasteiger charge is 2.22. The molecule has 2 aromatic rings. The number of benzene rings is 2. The molecule has 29 heavy (non-hydrogen) atoms. The molecule has 0 saturated heterocycles. The van der Waals surface area contributed by atoms with E-state index in [2.05, 4.69) is 24.5 Å². The van der Waals surface area contributed by atoms with Crippen LogP contribution in [0.4, 0.5) is 5.69 Å². The van der Waals surface area contributed by atoms with Crippen molar-refractivity contribution >= 4 is 21.6 Å². The van der Waals surface area contributed by atoms with Gasteiger partial charge in [-0.1, -0.05) is 45.9 Å². The molecule has 0 heterocycles. The molecule has 2 aromatic carbocycles. The lowest BCUT2D eigenvalue weighted by atomic mass is 10.0. The van der Waals surface area contributed by atoms with Crippen LogP contribution < -0.4 is 10.6 Å². The lowest BCUT2D eigenvalue weighted by Gasteiger charge is -2.24. The third-order valence-corrected chi connectivity index (χ3v) is 6.94. The molecule has 2 N–H and O–H groups in total. The van der Waals surface area contributed by atoms with Crippen LogP contribution in [0.5, 0.6) is 0 Å². The molecule has 7 heteroatoms. The molecule has 0 aliphatic carbocycles. The second-order valence-electron chi connectivity index (χ2n) is 7.18. The first-order valence-electron chi connectivity index (χ1n) is 9.99. The van der Waals surface area contributed by atoms with E-state index in [9.17, 15) is 13.2 Å². The van der Waals surface area contributed by atoms with E-state index in [1.54, 1.807) is 26.0 Å². The maximum Gasteiger partial charge on any atom is 0.251 e. The summed E-state index contributed by atoms with van der Waals surface area (Å²) in [6, 6.07) is 16.0. The summed E-state index contributed by atoms with van der Waals surface area (Å²) in [6.45, 7) is 9.08. The van der Waals surface area contributed by atoms with Crippen molar-refractivity contribution in [1.29, 1.82) is 0 Å². The number of hydrogen-bond acceptors (Lipinski definition) is 4. The van der Waals surface area contributed by atoms with Gasteiger partial charge >= 0.3 is 0 Å². The Morgan fingerprint density at radius 1 is 0.966 bits per heavy atom. The normalized spacial score (nSPS) is 12.8. The van der Waals surface area contributed by atoms with E-state index in [1.807, 2.05) is 30.3 Å². The Morgan fingerprint density at radius 2 is 1.55 bits per heavy atom. The Bertz CT molecular complexity index is 877. The van der Waals surface area contributed by atoms with Gasteiger partial charge in [0.15, 0.2) is 0 Å². The fourth-order valence-electron chi connectivity index (χ4n) is 3.00. The minimum Gasteiger partial charge on any atom is -0.380 e. The fraction of sp³-hybridized carbons (Fsp3) is 0.409. The monoisotopic (exact) mass is 417 g/mol. The zero-order chi connectivity index (χ0) is 21.4. The number of carbonyl (C=O) groups is 1. The number of amides is 1. The van der Waals surface area contributed by atoms with E-state index >= 15 is 0 Å². The predicted molar refractivity (Wildman–Crippen MR) is 118 cm³/mol. The van der Waals surface area contributed by atoms with Gasteiger partial charge in [0, 0.05) is 36.9 Å². The van der Waals surface area contributed by atoms with Gasteiger partial charge in [-0.15, -0.1) is 0 Å². The van der Waals surface area contributed by atoms with Gasteiger partial charge in [-0.25, -0.2) is 8.42 Å². The highest BCUT2D eigenvalue weighted by Crippen LogP contribution is 2.16. The third kappa shape index (κ3) is 6.05. The van der Waals surface area contributed by atoms with Gasteiger partial charge in [0.25, 0.3) is 5.91 Å². The molecule has 1 amide bonds. The fourth-order valence-corrected chi connectivity index (χ4v) is 4.46. The molecule has 0 radical (unpaired) electrons. The van der Waals surface area contributed by atoms with Crippen molar-refractivity contribution in [2.75, 3.05) is 25.0 Å². The van der Waals surface area contributed by atoms with Crippen LogP contribution >= 0.6 is 0 Å².